The van der Waals surface area contributed by atoms with E-state index >= 15 is 0 Å². The smallest absolute Gasteiger partial charge is 0.264 e. The molecule has 4 fully saturated rings. The Kier molecular flexibility index (Phi) is 5.18. The van der Waals surface area contributed by atoms with Crippen molar-refractivity contribution in [3.8, 4) is 0 Å². The van der Waals surface area contributed by atoms with E-state index in [1.165, 1.54) is 49.4 Å². The molecule has 4 aliphatic rings. The highest BCUT2D eigenvalue weighted by molar-refractivity contribution is 7.92. The number of sulfonamides is 1. The molecule has 4 aliphatic carbocycles. The molecule has 4 saturated carbocycles. The maximum Gasteiger partial charge on any atom is 0.264 e. The van der Waals surface area contributed by atoms with Gasteiger partial charge in [-0.2, -0.15) is 0 Å². The van der Waals surface area contributed by atoms with Crippen molar-refractivity contribution in [3.63, 3.8) is 0 Å². The Labute approximate surface area is 205 Å². The minimum atomic E-state index is -3.82. The number of amides is 1. The second kappa shape index (κ2) is 8.16. The molecule has 1 aromatic heterocycles. The van der Waals surface area contributed by atoms with Crippen LogP contribution < -0.4 is 10.0 Å². The standard InChI is InChI=1S/C27H28N4O3S/c32-24(30-22-7-9-23(10-8-22)35(33,34)31-25-28-11-4-12-29-25)27-16-19-13-20(17-27)15-26(14-19,18-27)21-5-2-1-3-6-21/h1-12,19-20H,13-18H2,(H,30,32)(H,28,29,31)/t19-,20+,26?,27?. The number of nitrogens with zero attached hydrogens (tertiary/aromatic N) is 2. The molecule has 2 aromatic carbocycles. The summed E-state index contributed by atoms with van der Waals surface area (Å²) in [6.45, 7) is 0. The number of aromatic nitrogens is 2. The maximum atomic E-state index is 13.7. The molecule has 1 amide bonds. The highest BCUT2D eigenvalue weighted by atomic mass is 32.2. The van der Waals surface area contributed by atoms with E-state index in [4.69, 9.17) is 0 Å². The van der Waals surface area contributed by atoms with Gasteiger partial charge in [0.25, 0.3) is 10.0 Å². The molecule has 0 saturated heterocycles. The first-order chi connectivity index (χ1) is 16.9. The van der Waals surface area contributed by atoms with Crippen LogP contribution in [0.2, 0.25) is 0 Å². The molecule has 180 valence electrons. The number of carbonyl (C=O) groups excluding carboxylic acids is 1. The van der Waals surface area contributed by atoms with Crippen LogP contribution in [0.1, 0.15) is 44.1 Å². The van der Waals surface area contributed by atoms with Gasteiger partial charge in [-0.3, -0.25) is 4.79 Å². The Morgan fingerprint density at radius 2 is 1.51 bits per heavy atom. The molecule has 0 spiro atoms. The highest BCUT2D eigenvalue weighted by Crippen LogP contribution is 2.65. The minimum Gasteiger partial charge on any atom is -0.326 e. The Morgan fingerprint density at radius 1 is 0.857 bits per heavy atom. The van der Waals surface area contributed by atoms with Gasteiger partial charge >= 0.3 is 0 Å². The van der Waals surface area contributed by atoms with Gasteiger partial charge in [-0.1, -0.05) is 30.3 Å². The Balaban J connectivity index is 1.21. The monoisotopic (exact) mass is 488 g/mol. The molecular weight excluding hydrogens is 460 g/mol. The molecule has 8 heteroatoms. The number of carbonyl (C=O) groups is 1. The molecular formula is C27H28N4O3S. The molecule has 3 aromatic rings. The van der Waals surface area contributed by atoms with Crippen LogP contribution >= 0.6 is 0 Å². The van der Waals surface area contributed by atoms with Crippen molar-refractivity contribution in [1.29, 1.82) is 0 Å². The molecule has 7 nitrogen and oxygen atoms in total. The van der Waals surface area contributed by atoms with E-state index in [2.05, 4.69) is 50.3 Å². The lowest BCUT2D eigenvalue weighted by atomic mass is 9.42. The van der Waals surface area contributed by atoms with Crippen molar-refractivity contribution in [3.05, 3.63) is 78.6 Å². The first-order valence-corrected chi connectivity index (χ1v) is 13.6. The van der Waals surface area contributed by atoms with Crippen molar-refractivity contribution >= 4 is 27.6 Å². The van der Waals surface area contributed by atoms with Gasteiger partial charge in [0.05, 0.1) is 10.3 Å². The summed E-state index contributed by atoms with van der Waals surface area (Å²) in [5.41, 5.74) is 1.70. The van der Waals surface area contributed by atoms with Crippen molar-refractivity contribution < 1.29 is 13.2 Å². The minimum absolute atomic E-state index is 0.0130. The Morgan fingerprint density at radius 3 is 2.17 bits per heavy atom. The van der Waals surface area contributed by atoms with Gasteiger partial charge in [-0.15, -0.1) is 0 Å². The fourth-order valence-electron chi connectivity index (χ4n) is 7.17. The number of benzene rings is 2. The summed E-state index contributed by atoms with van der Waals surface area (Å²) in [6, 6.07) is 18.6. The number of hydrogen-bond donors (Lipinski definition) is 2. The van der Waals surface area contributed by atoms with Crippen LogP contribution in [0.3, 0.4) is 0 Å². The zero-order chi connectivity index (χ0) is 24.1. The zero-order valence-corrected chi connectivity index (χ0v) is 20.2. The second-order valence-corrected chi connectivity index (χ2v) is 12.2. The van der Waals surface area contributed by atoms with Crippen molar-refractivity contribution in [2.24, 2.45) is 17.3 Å². The quantitative estimate of drug-likeness (QED) is 0.521. The van der Waals surface area contributed by atoms with Gasteiger partial charge in [0.2, 0.25) is 11.9 Å². The van der Waals surface area contributed by atoms with E-state index < -0.39 is 10.0 Å². The van der Waals surface area contributed by atoms with Crippen LogP contribution in [-0.4, -0.2) is 24.3 Å². The molecule has 4 atom stereocenters. The van der Waals surface area contributed by atoms with E-state index in [0.29, 0.717) is 17.5 Å². The van der Waals surface area contributed by atoms with Gasteiger partial charge in [-0.05, 0) is 91.7 Å². The van der Waals surface area contributed by atoms with Crippen LogP contribution in [0.25, 0.3) is 0 Å². The number of rotatable bonds is 6. The SMILES string of the molecule is O=C(Nc1ccc(S(=O)(=O)Nc2ncccn2)cc1)C12C[C@H]3C[C@@H](C1)CC(c1ccccc1)(C3)C2. The molecule has 4 bridgehead atoms. The first-order valence-electron chi connectivity index (χ1n) is 12.1. The van der Waals surface area contributed by atoms with Crippen LogP contribution in [0.4, 0.5) is 11.6 Å². The summed E-state index contributed by atoms with van der Waals surface area (Å²) in [6.07, 6.45) is 9.28. The normalized spacial score (nSPS) is 29.0. The summed E-state index contributed by atoms with van der Waals surface area (Å²) in [5, 5.41) is 3.12. The third kappa shape index (κ3) is 3.99. The zero-order valence-electron chi connectivity index (χ0n) is 19.4. The van der Waals surface area contributed by atoms with E-state index in [-0.39, 0.29) is 27.6 Å². The van der Waals surface area contributed by atoms with Crippen LogP contribution in [-0.2, 0) is 20.2 Å². The van der Waals surface area contributed by atoms with Gasteiger partial charge in [-0.25, -0.2) is 23.1 Å². The Hall–Kier alpha value is -3.26. The predicted molar refractivity (Wildman–Crippen MR) is 133 cm³/mol. The number of anilines is 2. The average Bonchev–Trinajstić information content (AvgIpc) is 2.84. The second-order valence-electron chi connectivity index (χ2n) is 10.5. The third-order valence-corrected chi connectivity index (χ3v) is 9.49. The van der Waals surface area contributed by atoms with Crippen molar-refractivity contribution in [2.75, 3.05) is 10.0 Å². The summed E-state index contributed by atoms with van der Waals surface area (Å²) < 4.78 is 27.7. The Bertz CT molecular complexity index is 1330. The first kappa shape index (κ1) is 22.2. The largest absolute Gasteiger partial charge is 0.326 e. The van der Waals surface area contributed by atoms with Crippen LogP contribution in [0.5, 0.6) is 0 Å². The highest BCUT2D eigenvalue weighted by Gasteiger charge is 2.60. The maximum absolute atomic E-state index is 13.7. The summed E-state index contributed by atoms with van der Waals surface area (Å²) in [5.74, 6) is 1.25. The molecule has 2 N–H and O–H groups in total. The molecule has 7 rings (SSSR count). The lowest BCUT2D eigenvalue weighted by Gasteiger charge is -2.61. The van der Waals surface area contributed by atoms with Gasteiger partial charge in [0.15, 0.2) is 0 Å². The molecule has 0 radical (unpaired) electrons. The molecule has 0 aliphatic heterocycles. The molecule has 1 heterocycles. The molecule has 35 heavy (non-hydrogen) atoms. The van der Waals surface area contributed by atoms with Gasteiger partial charge < -0.3 is 5.32 Å². The van der Waals surface area contributed by atoms with Gasteiger partial charge in [0.1, 0.15) is 0 Å². The summed E-state index contributed by atoms with van der Waals surface area (Å²) in [7, 11) is -3.82. The summed E-state index contributed by atoms with van der Waals surface area (Å²) >= 11 is 0. The van der Waals surface area contributed by atoms with Crippen LogP contribution in [0, 0.1) is 17.3 Å². The topological polar surface area (TPSA) is 101 Å². The lowest BCUT2D eigenvalue weighted by Crippen LogP contribution is -2.57. The van der Waals surface area contributed by atoms with Crippen molar-refractivity contribution in [1.82, 2.24) is 9.97 Å². The van der Waals surface area contributed by atoms with E-state index in [1.54, 1.807) is 18.2 Å². The van der Waals surface area contributed by atoms with E-state index in [0.717, 1.165) is 19.3 Å². The van der Waals surface area contributed by atoms with Gasteiger partial charge in [0, 0.05) is 18.1 Å². The average molecular weight is 489 g/mol. The predicted octanol–water partition coefficient (Wildman–Crippen LogP) is 4.75. The fourth-order valence-corrected chi connectivity index (χ4v) is 8.13. The van der Waals surface area contributed by atoms with E-state index in [1.807, 2.05) is 0 Å². The number of hydrogen-bond acceptors (Lipinski definition) is 5. The fraction of sp³-hybridized carbons (Fsp3) is 0.370. The number of nitrogens with one attached hydrogen (secondary N) is 2. The van der Waals surface area contributed by atoms with E-state index in [9.17, 15) is 13.2 Å². The summed E-state index contributed by atoms with van der Waals surface area (Å²) in [4.78, 5) is 21.6. The van der Waals surface area contributed by atoms with Crippen LogP contribution in [0.15, 0.2) is 78.0 Å². The third-order valence-electron chi connectivity index (χ3n) is 8.14. The molecule has 2 unspecified atom stereocenters. The van der Waals surface area contributed by atoms with Crippen molar-refractivity contribution in [2.45, 2.75) is 48.8 Å². The lowest BCUT2D eigenvalue weighted by molar-refractivity contribution is -0.143.